The van der Waals surface area contributed by atoms with Crippen molar-refractivity contribution in [3.63, 3.8) is 0 Å². The van der Waals surface area contributed by atoms with E-state index in [-0.39, 0.29) is 24.1 Å². The summed E-state index contributed by atoms with van der Waals surface area (Å²) in [6.07, 6.45) is 0.830. The third kappa shape index (κ3) is 7.38. The lowest BCUT2D eigenvalue weighted by molar-refractivity contribution is -0.138. The fourth-order valence-corrected chi connectivity index (χ4v) is 4.13. The molecule has 2 rings (SSSR count). The van der Waals surface area contributed by atoms with Crippen molar-refractivity contribution in [3.8, 4) is 0 Å². The van der Waals surface area contributed by atoms with Gasteiger partial charge >= 0.3 is 0 Å². The Kier molecular flexibility index (Phi) is 10.3. The fraction of sp³-hybridized carbons (Fsp3) is 0.364. The fourth-order valence-electron chi connectivity index (χ4n) is 2.76. The van der Waals surface area contributed by atoms with E-state index < -0.39 is 6.04 Å². The number of thioether (sulfide) groups is 1. The second-order valence-corrected chi connectivity index (χ2v) is 9.03. The minimum atomic E-state index is -0.606. The maximum absolute atomic E-state index is 13.0. The molecular formula is C22H25Cl3N2O2S. The highest BCUT2D eigenvalue weighted by Gasteiger charge is 2.26. The third-order valence-corrected chi connectivity index (χ3v) is 6.59. The van der Waals surface area contributed by atoms with Crippen LogP contribution in [0, 0.1) is 0 Å². The van der Waals surface area contributed by atoms with Crippen molar-refractivity contribution in [2.45, 2.75) is 38.6 Å². The summed E-state index contributed by atoms with van der Waals surface area (Å²) in [5, 5.41) is 4.42. The first-order chi connectivity index (χ1) is 14.3. The van der Waals surface area contributed by atoms with E-state index in [1.54, 1.807) is 30.0 Å². The molecule has 0 saturated carbocycles. The predicted octanol–water partition coefficient (Wildman–Crippen LogP) is 5.82. The van der Waals surface area contributed by atoms with Crippen molar-refractivity contribution in [1.29, 1.82) is 0 Å². The minimum absolute atomic E-state index is 0.126. The molecule has 0 unspecified atom stereocenters. The number of benzene rings is 2. The van der Waals surface area contributed by atoms with Crippen molar-refractivity contribution in [1.82, 2.24) is 10.2 Å². The van der Waals surface area contributed by atoms with Crippen LogP contribution in [0.15, 0.2) is 42.5 Å². The van der Waals surface area contributed by atoms with Crippen LogP contribution < -0.4 is 5.32 Å². The van der Waals surface area contributed by atoms with Gasteiger partial charge < -0.3 is 10.2 Å². The number of carbonyl (C=O) groups is 2. The molecule has 0 bridgehead atoms. The van der Waals surface area contributed by atoms with E-state index in [1.165, 1.54) is 11.8 Å². The number of nitrogens with one attached hydrogen (secondary N) is 1. The van der Waals surface area contributed by atoms with E-state index in [4.69, 9.17) is 34.8 Å². The Morgan fingerprint density at radius 1 is 1.07 bits per heavy atom. The maximum Gasteiger partial charge on any atom is 0.242 e. The summed E-state index contributed by atoms with van der Waals surface area (Å²) < 4.78 is 0. The van der Waals surface area contributed by atoms with Gasteiger partial charge in [0.2, 0.25) is 11.8 Å². The Morgan fingerprint density at radius 3 is 2.47 bits per heavy atom. The summed E-state index contributed by atoms with van der Waals surface area (Å²) in [5.41, 5.74) is 1.78. The molecule has 0 aliphatic carbocycles. The smallest absolute Gasteiger partial charge is 0.242 e. The van der Waals surface area contributed by atoms with Gasteiger partial charge in [0.15, 0.2) is 0 Å². The van der Waals surface area contributed by atoms with Gasteiger partial charge in [0.05, 0.1) is 15.8 Å². The number of rotatable bonds is 10. The molecule has 0 heterocycles. The van der Waals surface area contributed by atoms with E-state index in [0.717, 1.165) is 17.5 Å². The van der Waals surface area contributed by atoms with Gasteiger partial charge in [-0.25, -0.2) is 0 Å². The van der Waals surface area contributed by atoms with E-state index in [2.05, 4.69) is 5.32 Å². The molecule has 8 heteroatoms. The summed E-state index contributed by atoms with van der Waals surface area (Å²) in [4.78, 5) is 27.1. The molecule has 0 radical (unpaired) electrons. The van der Waals surface area contributed by atoms with Crippen LogP contribution in [0.1, 0.15) is 31.4 Å². The van der Waals surface area contributed by atoms with Gasteiger partial charge in [-0.2, -0.15) is 0 Å². The molecule has 162 valence electrons. The Balaban J connectivity index is 2.07. The van der Waals surface area contributed by atoms with E-state index in [1.807, 2.05) is 31.2 Å². The predicted molar refractivity (Wildman–Crippen MR) is 127 cm³/mol. The lowest BCUT2D eigenvalue weighted by Crippen LogP contribution is -2.48. The van der Waals surface area contributed by atoms with Gasteiger partial charge in [-0.15, -0.1) is 11.8 Å². The van der Waals surface area contributed by atoms with Crippen LogP contribution in [0.25, 0.3) is 0 Å². The zero-order valence-electron chi connectivity index (χ0n) is 17.0. The van der Waals surface area contributed by atoms with Crippen LogP contribution in [-0.2, 0) is 21.9 Å². The zero-order chi connectivity index (χ0) is 22.1. The highest BCUT2D eigenvalue weighted by atomic mass is 35.5. The number of amides is 2. The van der Waals surface area contributed by atoms with Gasteiger partial charge in [0.25, 0.3) is 0 Å². The SMILES string of the molecule is CCCNC(=O)[C@@H](C)N(Cc1ccccc1Cl)C(=O)CSCc1ccc(Cl)c(Cl)c1. The molecule has 0 fully saturated rings. The van der Waals surface area contributed by atoms with Gasteiger partial charge in [-0.1, -0.05) is 66.0 Å². The number of carbonyl (C=O) groups excluding carboxylic acids is 2. The molecule has 0 saturated heterocycles. The number of hydrogen-bond acceptors (Lipinski definition) is 3. The standard InChI is InChI=1S/C22H25Cl3N2O2S/c1-3-10-26-22(29)15(2)27(12-17-6-4-5-7-18(17)23)21(28)14-30-13-16-8-9-19(24)20(25)11-16/h4-9,11,15H,3,10,12-14H2,1-2H3,(H,26,29)/t15-/m1/s1. The van der Waals surface area contributed by atoms with Gasteiger partial charge in [0.1, 0.15) is 6.04 Å². The molecule has 1 N–H and O–H groups in total. The van der Waals surface area contributed by atoms with E-state index in [9.17, 15) is 9.59 Å². The topological polar surface area (TPSA) is 49.4 Å². The Hall–Kier alpha value is -1.40. The Labute approximate surface area is 197 Å². The second kappa shape index (κ2) is 12.5. The first-order valence-electron chi connectivity index (χ1n) is 9.65. The lowest BCUT2D eigenvalue weighted by atomic mass is 10.1. The molecule has 0 aromatic heterocycles. The van der Waals surface area contributed by atoms with Crippen LogP contribution in [0.5, 0.6) is 0 Å². The lowest BCUT2D eigenvalue weighted by Gasteiger charge is -2.29. The number of halogens is 3. The van der Waals surface area contributed by atoms with Gasteiger partial charge in [-0.3, -0.25) is 9.59 Å². The summed E-state index contributed by atoms with van der Waals surface area (Å²) in [5.74, 6) is 0.542. The minimum Gasteiger partial charge on any atom is -0.354 e. The zero-order valence-corrected chi connectivity index (χ0v) is 20.0. The third-order valence-electron chi connectivity index (χ3n) is 4.49. The molecule has 0 spiro atoms. The monoisotopic (exact) mass is 486 g/mol. The Morgan fingerprint density at radius 2 is 1.80 bits per heavy atom. The second-order valence-electron chi connectivity index (χ2n) is 6.82. The molecule has 2 aromatic carbocycles. The molecule has 4 nitrogen and oxygen atoms in total. The van der Waals surface area contributed by atoms with Crippen LogP contribution in [-0.4, -0.2) is 35.1 Å². The molecule has 2 aromatic rings. The molecule has 0 aliphatic heterocycles. The van der Waals surface area contributed by atoms with Crippen LogP contribution >= 0.6 is 46.6 Å². The van der Waals surface area contributed by atoms with E-state index in [0.29, 0.717) is 27.4 Å². The molecule has 2 amide bonds. The average Bonchev–Trinajstić information content (AvgIpc) is 2.73. The van der Waals surface area contributed by atoms with Gasteiger partial charge in [-0.05, 0) is 42.7 Å². The van der Waals surface area contributed by atoms with Crippen molar-refractivity contribution in [2.75, 3.05) is 12.3 Å². The molecule has 30 heavy (non-hydrogen) atoms. The van der Waals surface area contributed by atoms with Crippen molar-refractivity contribution >= 4 is 58.4 Å². The summed E-state index contributed by atoms with van der Waals surface area (Å²) in [7, 11) is 0. The largest absolute Gasteiger partial charge is 0.354 e. The van der Waals surface area contributed by atoms with Crippen molar-refractivity contribution in [2.24, 2.45) is 0 Å². The van der Waals surface area contributed by atoms with Crippen molar-refractivity contribution in [3.05, 3.63) is 68.7 Å². The average molecular weight is 488 g/mol. The quantitative estimate of drug-likeness (QED) is 0.459. The number of nitrogens with zero attached hydrogens (tertiary/aromatic N) is 1. The first-order valence-corrected chi connectivity index (χ1v) is 11.9. The molecule has 1 atom stereocenters. The summed E-state index contributed by atoms with van der Waals surface area (Å²) >= 11 is 19.8. The highest BCUT2D eigenvalue weighted by molar-refractivity contribution is 7.99. The maximum atomic E-state index is 13.0. The van der Waals surface area contributed by atoms with Gasteiger partial charge in [0, 0.05) is 23.9 Å². The van der Waals surface area contributed by atoms with Crippen LogP contribution in [0.4, 0.5) is 0 Å². The van der Waals surface area contributed by atoms with Crippen LogP contribution in [0.2, 0.25) is 15.1 Å². The molecular weight excluding hydrogens is 463 g/mol. The van der Waals surface area contributed by atoms with Crippen molar-refractivity contribution < 1.29 is 9.59 Å². The summed E-state index contributed by atoms with van der Waals surface area (Å²) in [6.45, 7) is 4.57. The normalized spacial score (nSPS) is 11.8. The van der Waals surface area contributed by atoms with Crippen LogP contribution in [0.3, 0.4) is 0 Å². The number of hydrogen-bond donors (Lipinski definition) is 1. The molecule has 0 aliphatic rings. The van der Waals surface area contributed by atoms with E-state index >= 15 is 0 Å². The highest BCUT2D eigenvalue weighted by Crippen LogP contribution is 2.25. The Bertz CT molecular complexity index is 879. The first kappa shape index (κ1) is 24.9. The summed E-state index contributed by atoms with van der Waals surface area (Å²) in [6, 6.07) is 12.2.